The molecule has 2 aliphatic rings. The van der Waals surface area contributed by atoms with Gasteiger partial charge in [0.05, 0.1) is 16.8 Å². The highest BCUT2D eigenvalue weighted by molar-refractivity contribution is 6.23. The number of nitrogens with zero attached hydrogens (tertiary/aromatic N) is 4. The molecule has 7 heteroatoms. The number of fused-ring (bicyclic) bond motifs is 2. The second-order valence-corrected chi connectivity index (χ2v) is 9.68. The molecule has 4 heterocycles. The summed E-state index contributed by atoms with van der Waals surface area (Å²) in [7, 11) is 0. The molecule has 0 fully saturated rings. The topological polar surface area (TPSA) is 85.8 Å². The average Bonchev–Trinajstić information content (AvgIpc) is 3.62. The smallest absolute Gasteiger partial charge is 0.280 e. The highest BCUT2D eigenvalue weighted by Gasteiger charge is 2.34. The zero-order chi connectivity index (χ0) is 25.5. The fourth-order valence-electron chi connectivity index (χ4n) is 5.54. The van der Waals surface area contributed by atoms with E-state index in [0.29, 0.717) is 17.8 Å². The van der Waals surface area contributed by atoms with Gasteiger partial charge in [-0.15, -0.1) is 0 Å². The van der Waals surface area contributed by atoms with Gasteiger partial charge in [-0.2, -0.15) is 9.78 Å². The van der Waals surface area contributed by atoms with Gasteiger partial charge in [-0.05, 0) is 55.0 Å². The zero-order valence-corrected chi connectivity index (χ0v) is 20.7. The number of benzene rings is 2. The van der Waals surface area contributed by atoms with E-state index in [1.165, 1.54) is 18.3 Å². The van der Waals surface area contributed by atoms with Crippen molar-refractivity contribution in [1.29, 1.82) is 0 Å². The van der Waals surface area contributed by atoms with Gasteiger partial charge in [-0.3, -0.25) is 9.78 Å². The van der Waals surface area contributed by atoms with Crippen LogP contribution in [0.25, 0.3) is 33.3 Å². The minimum absolute atomic E-state index is 0.166. The van der Waals surface area contributed by atoms with Crippen LogP contribution in [0, 0.1) is 0 Å². The van der Waals surface area contributed by atoms with Gasteiger partial charge in [0.2, 0.25) is 0 Å². The molecule has 1 aliphatic heterocycles. The van der Waals surface area contributed by atoms with E-state index in [2.05, 4.69) is 33.7 Å². The summed E-state index contributed by atoms with van der Waals surface area (Å²) in [5.41, 5.74) is 8.13. The molecular weight excluding hydrogens is 474 g/mol. The molecule has 3 aromatic heterocycles. The van der Waals surface area contributed by atoms with E-state index >= 15 is 0 Å². The number of carbonyl (C=O) groups is 1. The Hall–Kier alpha value is -4.78. The summed E-state index contributed by atoms with van der Waals surface area (Å²) in [6.45, 7) is 0. The quantitative estimate of drug-likeness (QED) is 0.287. The second-order valence-electron chi connectivity index (χ2n) is 9.68. The number of nitrogens with one attached hydrogen (secondary N) is 1. The number of hydrogen-bond acceptors (Lipinski definition) is 6. The molecule has 38 heavy (non-hydrogen) atoms. The number of rotatable bonds is 5. The molecule has 1 aliphatic carbocycles. The van der Waals surface area contributed by atoms with E-state index < -0.39 is 0 Å². The molecule has 7 rings (SSSR count). The Kier molecular flexibility index (Phi) is 5.47. The molecule has 0 unspecified atom stereocenters. The standard InChI is InChI=1S/C31H25N5O2/c37-31-28(23-13-14-24-22(18-23)12-7-16-32-24)25(33-27-15-17-38-35-27)19-26-29(20-8-3-1-4-9-20)30(34-36(26)31)21-10-5-2-6-11-21/h2,5-8,10-18H,1,3-4,9,19H2,(H,33,35). The highest BCUT2D eigenvalue weighted by atomic mass is 16.5. The van der Waals surface area contributed by atoms with Crippen LogP contribution in [-0.2, 0) is 6.42 Å². The Morgan fingerprint density at radius 2 is 1.87 bits per heavy atom. The lowest BCUT2D eigenvalue weighted by atomic mass is 9.88. The molecule has 2 aromatic carbocycles. The van der Waals surface area contributed by atoms with Crippen molar-refractivity contribution in [2.75, 3.05) is 5.32 Å². The maximum Gasteiger partial charge on any atom is 0.280 e. The van der Waals surface area contributed by atoms with Crippen molar-refractivity contribution in [3.05, 3.63) is 108 Å². The van der Waals surface area contributed by atoms with Crippen molar-refractivity contribution >= 4 is 33.8 Å². The Morgan fingerprint density at radius 3 is 2.68 bits per heavy atom. The van der Waals surface area contributed by atoms with Crippen molar-refractivity contribution in [3.8, 4) is 11.3 Å². The van der Waals surface area contributed by atoms with E-state index in [-0.39, 0.29) is 5.91 Å². The third-order valence-electron chi connectivity index (χ3n) is 7.30. The van der Waals surface area contributed by atoms with E-state index in [1.807, 2.05) is 48.5 Å². The first-order valence-corrected chi connectivity index (χ1v) is 12.9. The molecule has 0 amide bonds. The maximum absolute atomic E-state index is 14.3. The normalized spacial score (nSPS) is 15.5. The van der Waals surface area contributed by atoms with Gasteiger partial charge in [-0.1, -0.05) is 53.7 Å². The van der Waals surface area contributed by atoms with Gasteiger partial charge in [0.25, 0.3) is 5.91 Å². The van der Waals surface area contributed by atoms with Gasteiger partial charge in [0.15, 0.2) is 5.82 Å². The monoisotopic (exact) mass is 499 g/mol. The van der Waals surface area contributed by atoms with Crippen molar-refractivity contribution in [2.45, 2.75) is 32.1 Å². The lowest BCUT2D eigenvalue weighted by Crippen LogP contribution is -2.27. The molecule has 0 saturated carbocycles. The third kappa shape index (κ3) is 3.84. The minimum atomic E-state index is -0.166. The Morgan fingerprint density at radius 1 is 0.947 bits per heavy atom. The van der Waals surface area contributed by atoms with Crippen LogP contribution < -0.4 is 5.32 Å². The van der Waals surface area contributed by atoms with Crippen LogP contribution in [0.1, 0.15) is 47.3 Å². The van der Waals surface area contributed by atoms with Crippen LogP contribution in [-0.4, -0.2) is 25.8 Å². The van der Waals surface area contributed by atoms with Crippen LogP contribution in [0.4, 0.5) is 5.82 Å². The first-order valence-electron chi connectivity index (χ1n) is 12.9. The van der Waals surface area contributed by atoms with E-state index in [1.54, 1.807) is 16.9 Å². The van der Waals surface area contributed by atoms with Crippen molar-refractivity contribution in [3.63, 3.8) is 0 Å². The molecule has 0 atom stereocenters. The number of hydrogen-bond donors (Lipinski definition) is 1. The summed E-state index contributed by atoms with van der Waals surface area (Å²) in [5, 5.41) is 13.4. The zero-order valence-electron chi connectivity index (χ0n) is 20.7. The lowest BCUT2D eigenvalue weighted by molar-refractivity contribution is 0.0958. The molecule has 0 bridgehead atoms. The van der Waals surface area contributed by atoms with Crippen LogP contribution in [0.2, 0.25) is 0 Å². The highest BCUT2D eigenvalue weighted by Crippen LogP contribution is 2.40. The number of pyridine rings is 1. The summed E-state index contributed by atoms with van der Waals surface area (Å²) in [4.78, 5) is 18.7. The van der Waals surface area contributed by atoms with E-state index in [9.17, 15) is 4.79 Å². The molecule has 1 N–H and O–H groups in total. The van der Waals surface area contributed by atoms with E-state index in [0.717, 1.165) is 63.9 Å². The first kappa shape index (κ1) is 22.4. The van der Waals surface area contributed by atoms with Crippen LogP contribution in [0.15, 0.2) is 95.5 Å². The Balaban J connectivity index is 1.43. The minimum Gasteiger partial charge on any atom is -0.363 e. The van der Waals surface area contributed by atoms with Gasteiger partial charge in [0.1, 0.15) is 12.0 Å². The maximum atomic E-state index is 14.3. The third-order valence-corrected chi connectivity index (χ3v) is 7.30. The SMILES string of the molecule is O=C1C(c2ccc3ncccc3c2)=C(Nc2ccon2)Cc2c(C3=CCCCC3)c(-c3ccccc3)nn21. The molecule has 186 valence electrons. The fraction of sp³-hybridized carbons (Fsp3) is 0.161. The Bertz CT molecular complexity index is 1730. The second kappa shape index (κ2) is 9.27. The summed E-state index contributed by atoms with van der Waals surface area (Å²) >= 11 is 0. The van der Waals surface area contributed by atoms with Gasteiger partial charge >= 0.3 is 0 Å². The predicted molar refractivity (Wildman–Crippen MR) is 147 cm³/mol. The molecule has 0 radical (unpaired) electrons. The summed E-state index contributed by atoms with van der Waals surface area (Å²) in [6.07, 6.45) is 10.5. The summed E-state index contributed by atoms with van der Waals surface area (Å²) < 4.78 is 6.69. The van der Waals surface area contributed by atoms with Gasteiger partial charge in [-0.25, -0.2) is 0 Å². The Labute approximate surface area is 219 Å². The summed E-state index contributed by atoms with van der Waals surface area (Å²) in [5.74, 6) is 0.391. The number of anilines is 1. The molecule has 0 saturated heterocycles. The number of allylic oxidation sites excluding steroid dienone is 4. The predicted octanol–water partition coefficient (Wildman–Crippen LogP) is 6.76. The van der Waals surface area contributed by atoms with Crippen molar-refractivity contribution < 1.29 is 9.32 Å². The molecular formula is C31H25N5O2. The molecule has 0 spiro atoms. The summed E-state index contributed by atoms with van der Waals surface area (Å²) in [6, 6.07) is 21.7. The lowest BCUT2D eigenvalue weighted by Gasteiger charge is -2.23. The fourth-order valence-corrected chi connectivity index (χ4v) is 5.54. The van der Waals surface area contributed by atoms with Crippen molar-refractivity contribution in [2.24, 2.45) is 0 Å². The van der Waals surface area contributed by atoms with E-state index in [4.69, 9.17) is 9.62 Å². The number of carbonyl (C=O) groups excluding carboxylic acids is 1. The van der Waals surface area contributed by atoms with Gasteiger partial charge < -0.3 is 9.84 Å². The number of aromatic nitrogens is 4. The van der Waals surface area contributed by atoms with Gasteiger partial charge in [0, 0.05) is 40.9 Å². The first-order chi connectivity index (χ1) is 18.8. The van der Waals surface area contributed by atoms with Crippen LogP contribution in [0.5, 0.6) is 0 Å². The molecule has 5 aromatic rings. The van der Waals surface area contributed by atoms with Crippen molar-refractivity contribution in [1.82, 2.24) is 19.9 Å². The van der Waals surface area contributed by atoms with Crippen LogP contribution >= 0.6 is 0 Å². The average molecular weight is 500 g/mol. The molecule has 7 nitrogen and oxygen atoms in total. The van der Waals surface area contributed by atoms with Crippen LogP contribution in [0.3, 0.4) is 0 Å². The largest absolute Gasteiger partial charge is 0.363 e.